The number of nitro benzene ring substituents is 1. The first-order valence-electron chi connectivity index (χ1n) is 8.87. The Morgan fingerprint density at radius 2 is 2.00 bits per heavy atom. The summed E-state index contributed by atoms with van der Waals surface area (Å²) in [6.07, 6.45) is 0. The van der Waals surface area contributed by atoms with Crippen LogP contribution in [0.2, 0.25) is 0 Å². The van der Waals surface area contributed by atoms with Gasteiger partial charge in [-0.05, 0) is 32.0 Å². The van der Waals surface area contributed by atoms with Crippen molar-refractivity contribution in [2.24, 2.45) is 10.2 Å². The summed E-state index contributed by atoms with van der Waals surface area (Å²) in [7, 11) is -3.88. The van der Waals surface area contributed by atoms with Gasteiger partial charge in [0.25, 0.3) is 15.7 Å². The standard InChI is InChI=1S/C18H16N6O5S/c1-3-29-15-10-12(24(25)26)8-9-13(15)20-21-17-11(2)22-23-18(17)19-14-6-4-5-7-16(14)30(23,27)28/h4-10,19H,3H2,1-2H3/b21-20+. The monoisotopic (exact) mass is 428 g/mol. The van der Waals surface area contributed by atoms with E-state index in [-0.39, 0.29) is 40.1 Å². The summed E-state index contributed by atoms with van der Waals surface area (Å²) in [6.45, 7) is 3.63. The lowest BCUT2D eigenvalue weighted by atomic mass is 10.2. The van der Waals surface area contributed by atoms with E-state index in [4.69, 9.17) is 4.74 Å². The van der Waals surface area contributed by atoms with Crippen molar-refractivity contribution in [2.45, 2.75) is 18.7 Å². The average molecular weight is 428 g/mol. The molecule has 0 aliphatic carbocycles. The van der Waals surface area contributed by atoms with Crippen LogP contribution in [0.25, 0.3) is 0 Å². The molecule has 3 aromatic rings. The van der Waals surface area contributed by atoms with Gasteiger partial charge in [-0.1, -0.05) is 12.1 Å². The minimum atomic E-state index is -3.88. The van der Waals surface area contributed by atoms with Crippen LogP contribution in [0.4, 0.5) is 28.6 Å². The van der Waals surface area contributed by atoms with Gasteiger partial charge in [0.2, 0.25) is 0 Å². The number of para-hydroxylation sites is 1. The Morgan fingerprint density at radius 1 is 1.23 bits per heavy atom. The van der Waals surface area contributed by atoms with Crippen molar-refractivity contribution < 1.29 is 18.1 Å². The highest BCUT2D eigenvalue weighted by molar-refractivity contribution is 7.90. The minimum absolute atomic E-state index is 0.109. The van der Waals surface area contributed by atoms with Gasteiger partial charge in [-0.25, -0.2) is 0 Å². The van der Waals surface area contributed by atoms with Crippen LogP contribution in [-0.4, -0.2) is 29.1 Å². The maximum atomic E-state index is 12.9. The number of fused-ring (bicyclic) bond motifs is 2. The maximum absolute atomic E-state index is 12.9. The van der Waals surface area contributed by atoms with Gasteiger partial charge in [-0.3, -0.25) is 10.1 Å². The number of rotatable bonds is 5. The summed E-state index contributed by atoms with van der Waals surface area (Å²) in [5.74, 6) is 0.356. The van der Waals surface area contributed by atoms with Crippen molar-refractivity contribution in [1.82, 2.24) is 9.19 Å². The SMILES string of the molecule is CCOc1cc([N+](=O)[O-])ccc1/N=N/c1c(C)nn2c1Nc1ccccc1S2(=O)=O. The molecule has 0 bridgehead atoms. The number of nitrogens with zero attached hydrogens (tertiary/aromatic N) is 5. The van der Waals surface area contributed by atoms with Crippen molar-refractivity contribution in [2.75, 3.05) is 11.9 Å². The van der Waals surface area contributed by atoms with Gasteiger partial charge < -0.3 is 10.1 Å². The molecule has 12 heteroatoms. The van der Waals surface area contributed by atoms with E-state index in [0.717, 1.165) is 4.09 Å². The highest BCUT2D eigenvalue weighted by Crippen LogP contribution is 2.41. The number of ether oxygens (including phenoxy) is 1. The molecule has 0 spiro atoms. The molecule has 0 saturated carbocycles. The van der Waals surface area contributed by atoms with Crippen LogP contribution in [0.5, 0.6) is 5.75 Å². The molecule has 0 saturated heterocycles. The van der Waals surface area contributed by atoms with E-state index in [0.29, 0.717) is 11.4 Å². The van der Waals surface area contributed by atoms with Gasteiger partial charge in [0, 0.05) is 6.07 Å². The molecule has 154 valence electrons. The molecule has 11 nitrogen and oxygen atoms in total. The van der Waals surface area contributed by atoms with Crippen molar-refractivity contribution >= 4 is 38.6 Å². The molecular weight excluding hydrogens is 412 g/mol. The van der Waals surface area contributed by atoms with Gasteiger partial charge in [-0.2, -0.15) is 13.5 Å². The van der Waals surface area contributed by atoms with Crippen molar-refractivity contribution in [3.05, 3.63) is 58.3 Å². The molecular formula is C18H16N6O5S. The number of azo groups is 1. The molecule has 1 aliphatic heterocycles. The number of hydrogen-bond donors (Lipinski definition) is 1. The zero-order valence-corrected chi connectivity index (χ0v) is 16.8. The average Bonchev–Trinajstić information content (AvgIpc) is 3.03. The number of anilines is 2. The van der Waals surface area contributed by atoms with Crippen molar-refractivity contribution in [3.63, 3.8) is 0 Å². The Hall–Kier alpha value is -3.80. The third-order valence-corrected chi connectivity index (χ3v) is 5.99. The summed E-state index contributed by atoms with van der Waals surface area (Å²) < 4.78 is 32.1. The molecule has 1 N–H and O–H groups in total. The lowest BCUT2D eigenvalue weighted by Gasteiger charge is -2.19. The van der Waals surface area contributed by atoms with E-state index >= 15 is 0 Å². The fraction of sp³-hybridized carbons (Fsp3) is 0.167. The Bertz CT molecular complexity index is 1300. The molecule has 0 atom stereocenters. The topological polar surface area (TPSA) is 141 Å². The van der Waals surface area contributed by atoms with Crippen molar-refractivity contribution in [3.8, 4) is 5.75 Å². The van der Waals surface area contributed by atoms with E-state index in [2.05, 4.69) is 20.6 Å². The second-order valence-corrected chi connectivity index (χ2v) is 8.03. The highest BCUT2D eigenvalue weighted by Gasteiger charge is 2.33. The van der Waals surface area contributed by atoms with Gasteiger partial charge >= 0.3 is 0 Å². The summed E-state index contributed by atoms with van der Waals surface area (Å²) in [6, 6.07) is 10.4. The van der Waals surface area contributed by atoms with Gasteiger partial charge in [0.05, 0.1) is 29.0 Å². The minimum Gasteiger partial charge on any atom is -0.491 e. The van der Waals surface area contributed by atoms with E-state index in [9.17, 15) is 18.5 Å². The number of non-ortho nitro benzene ring substituents is 1. The summed E-state index contributed by atoms with van der Waals surface area (Å²) in [5, 5.41) is 26.4. The Balaban J connectivity index is 1.78. The van der Waals surface area contributed by atoms with E-state index < -0.39 is 14.9 Å². The van der Waals surface area contributed by atoms with Crippen LogP contribution >= 0.6 is 0 Å². The number of nitrogens with one attached hydrogen (secondary N) is 1. The molecule has 30 heavy (non-hydrogen) atoms. The molecule has 2 aromatic carbocycles. The second kappa shape index (κ2) is 7.22. The highest BCUT2D eigenvalue weighted by atomic mass is 32.2. The number of benzene rings is 2. The summed E-state index contributed by atoms with van der Waals surface area (Å²) >= 11 is 0. The molecule has 0 fully saturated rings. The first-order chi connectivity index (χ1) is 14.3. The fourth-order valence-electron chi connectivity index (χ4n) is 2.99. The molecule has 2 heterocycles. The maximum Gasteiger partial charge on any atom is 0.287 e. The molecule has 4 rings (SSSR count). The fourth-order valence-corrected chi connectivity index (χ4v) is 4.42. The van der Waals surface area contributed by atoms with E-state index in [1.165, 1.54) is 24.3 Å². The molecule has 0 unspecified atom stereocenters. The zero-order chi connectivity index (χ0) is 21.5. The second-order valence-electron chi connectivity index (χ2n) is 6.29. The first kappa shape index (κ1) is 19.5. The number of nitro groups is 1. The first-order valence-corrected chi connectivity index (χ1v) is 10.3. The predicted molar refractivity (Wildman–Crippen MR) is 108 cm³/mol. The molecule has 0 amide bonds. The van der Waals surface area contributed by atoms with Crippen LogP contribution in [0.3, 0.4) is 0 Å². The van der Waals surface area contributed by atoms with E-state index in [1.54, 1.807) is 32.0 Å². The Labute approximate surface area is 171 Å². The predicted octanol–water partition coefficient (Wildman–Crippen LogP) is 4.21. The number of hydrogen-bond acceptors (Lipinski definition) is 9. The molecule has 1 aliphatic rings. The number of aromatic nitrogens is 2. The third-order valence-electron chi connectivity index (χ3n) is 4.36. The van der Waals surface area contributed by atoms with Crippen LogP contribution in [-0.2, 0) is 10.0 Å². The van der Waals surface area contributed by atoms with Crippen molar-refractivity contribution in [1.29, 1.82) is 0 Å². The van der Waals surface area contributed by atoms with Gasteiger partial charge in [0.15, 0.2) is 17.3 Å². The Morgan fingerprint density at radius 3 is 2.73 bits per heavy atom. The smallest absolute Gasteiger partial charge is 0.287 e. The molecule has 1 aromatic heterocycles. The van der Waals surface area contributed by atoms with Crippen LogP contribution in [0.1, 0.15) is 12.6 Å². The molecule has 0 radical (unpaired) electrons. The van der Waals surface area contributed by atoms with E-state index in [1.807, 2.05) is 0 Å². The van der Waals surface area contributed by atoms with Gasteiger partial charge in [0.1, 0.15) is 10.6 Å². The largest absolute Gasteiger partial charge is 0.491 e. The van der Waals surface area contributed by atoms with Gasteiger partial charge in [-0.15, -0.1) is 14.3 Å². The summed E-state index contributed by atoms with van der Waals surface area (Å²) in [5.41, 5.74) is 1.11. The van der Waals surface area contributed by atoms with Crippen LogP contribution in [0, 0.1) is 17.0 Å². The zero-order valence-electron chi connectivity index (χ0n) is 15.9. The third kappa shape index (κ3) is 3.16. The lowest BCUT2D eigenvalue weighted by molar-refractivity contribution is -0.384. The Kier molecular flexibility index (Phi) is 4.70. The van der Waals surface area contributed by atoms with Crippen LogP contribution in [0.15, 0.2) is 57.6 Å². The normalized spacial score (nSPS) is 14.1. The van der Waals surface area contributed by atoms with Crippen LogP contribution < -0.4 is 10.1 Å². The number of aryl methyl sites for hydroxylation is 1. The quantitative estimate of drug-likeness (QED) is 0.285. The lowest BCUT2D eigenvalue weighted by Crippen LogP contribution is -2.22. The summed E-state index contributed by atoms with van der Waals surface area (Å²) in [4.78, 5) is 10.6.